The zero-order chi connectivity index (χ0) is 16.3. The van der Waals surface area contributed by atoms with Gasteiger partial charge in [-0.25, -0.2) is 4.98 Å². The molecule has 0 spiro atoms. The molecule has 2 rings (SSSR count). The Hall–Kier alpha value is -2.04. The molecule has 22 heavy (non-hydrogen) atoms. The summed E-state index contributed by atoms with van der Waals surface area (Å²) in [6.45, 7) is 10.7. The van der Waals surface area contributed by atoms with Crippen molar-refractivity contribution >= 4 is 17.5 Å². The van der Waals surface area contributed by atoms with E-state index in [0.717, 1.165) is 41.4 Å². The van der Waals surface area contributed by atoms with E-state index in [0.29, 0.717) is 17.8 Å². The van der Waals surface area contributed by atoms with Crippen LogP contribution in [0.25, 0.3) is 0 Å². The Labute approximate surface area is 132 Å². The summed E-state index contributed by atoms with van der Waals surface area (Å²) in [7, 11) is 0. The number of aryl methyl sites for hydroxylation is 1. The molecule has 0 aliphatic carbocycles. The van der Waals surface area contributed by atoms with E-state index in [9.17, 15) is 0 Å². The first kappa shape index (κ1) is 16.3. The largest absolute Gasteiger partial charge is 0.467 e. The van der Waals surface area contributed by atoms with E-state index < -0.39 is 0 Å². The van der Waals surface area contributed by atoms with Crippen LogP contribution in [0.4, 0.5) is 17.5 Å². The zero-order valence-corrected chi connectivity index (χ0v) is 14.1. The molecule has 2 aromatic heterocycles. The van der Waals surface area contributed by atoms with Crippen LogP contribution in [0.5, 0.6) is 0 Å². The van der Waals surface area contributed by atoms with Crippen LogP contribution in [0.15, 0.2) is 16.7 Å². The number of aromatic nitrogens is 2. The minimum absolute atomic E-state index is 0.314. The van der Waals surface area contributed by atoms with E-state index in [1.165, 1.54) is 0 Å². The number of furan rings is 1. The van der Waals surface area contributed by atoms with E-state index in [-0.39, 0.29) is 0 Å². The Morgan fingerprint density at radius 2 is 2.00 bits per heavy atom. The number of hydrogen-bond donors (Lipinski definition) is 2. The zero-order valence-electron chi connectivity index (χ0n) is 14.1. The molecule has 3 N–H and O–H groups in total. The van der Waals surface area contributed by atoms with E-state index >= 15 is 0 Å². The van der Waals surface area contributed by atoms with Crippen LogP contribution in [0.1, 0.15) is 57.1 Å². The van der Waals surface area contributed by atoms with Crippen LogP contribution in [-0.4, -0.2) is 9.97 Å². The summed E-state index contributed by atoms with van der Waals surface area (Å²) in [5.74, 6) is 2.84. The Morgan fingerprint density at radius 1 is 1.27 bits per heavy atom. The fraction of sp³-hybridized carbons (Fsp3) is 0.529. The van der Waals surface area contributed by atoms with Gasteiger partial charge < -0.3 is 15.5 Å². The average Bonchev–Trinajstić information content (AvgIpc) is 2.84. The first-order chi connectivity index (χ1) is 10.5. The van der Waals surface area contributed by atoms with E-state index in [1.54, 1.807) is 6.26 Å². The number of nitrogens with zero attached hydrogens (tertiary/aromatic N) is 2. The third kappa shape index (κ3) is 3.40. The van der Waals surface area contributed by atoms with Crippen molar-refractivity contribution in [3.63, 3.8) is 0 Å². The Kier molecular flexibility index (Phi) is 5.06. The molecule has 0 saturated carbocycles. The van der Waals surface area contributed by atoms with Crippen molar-refractivity contribution in [1.29, 1.82) is 0 Å². The first-order valence-corrected chi connectivity index (χ1v) is 7.94. The molecule has 0 bridgehead atoms. The monoisotopic (exact) mass is 302 g/mol. The third-order valence-corrected chi connectivity index (χ3v) is 4.00. The van der Waals surface area contributed by atoms with Crippen LogP contribution < -0.4 is 11.1 Å². The molecule has 5 nitrogen and oxygen atoms in total. The van der Waals surface area contributed by atoms with Gasteiger partial charge in [0.05, 0.1) is 11.4 Å². The Morgan fingerprint density at radius 3 is 2.50 bits per heavy atom. The lowest BCUT2D eigenvalue weighted by Gasteiger charge is -2.23. The smallest absolute Gasteiger partial charge is 0.222 e. The maximum Gasteiger partial charge on any atom is 0.222 e. The molecular weight excluding hydrogens is 276 g/mol. The number of nitrogens with one attached hydrogen (secondary N) is 1. The lowest BCUT2D eigenvalue weighted by atomic mass is 9.87. The van der Waals surface area contributed by atoms with Crippen LogP contribution in [0, 0.1) is 12.8 Å². The maximum atomic E-state index is 5.95. The Balaban J connectivity index is 2.47. The van der Waals surface area contributed by atoms with Gasteiger partial charge in [0, 0.05) is 17.5 Å². The van der Waals surface area contributed by atoms with E-state index in [2.05, 4.69) is 43.0 Å². The number of nitrogen functional groups attached to an aromatic ring is 1. The molecule has 0 aromatic carbocycles. The van der Waals surface area contributed by atoms with Gasteiger partial charge in [-0.2, -0.15) is 4.98 Å². The van der Waals surface area contributed by atoms with Crippen molar-refractivity contribution in [2.45, 2.75) is 53.4 Å². The molecule has 2 aromatic rings. The molecule has 0 aliphatic rings. The van der Waals surface area contributed by atoms with Gasteiger partial charge in [0.2, 0.25) is 5.95 Å². The molecule has 1 atom stereocenters. The van der Waals surface area contributed by atoms with Gasteiger partial charge in [0.15, 0.2) is 0 Å². The second-order valence-corrected chi connectivity index (χ2v) is 5.98. The normalized spacial score (nSPS) is 12.6. The number of anilines is 3. The summed E-state index contributed by atoms with van der Waals surface area (Å²) >= 11 is 0. The number of nitrogens with two attached hydrogens (primary N) is 1. The summed E-state index contributed by atoms with van der Waals surface area (Å²) in [6.07, 6.45) is 3.58. The van der Waals surface area contributed by atoms with Crippen molar-refractivity contribution < 1.29 is 4.42 Å². The maximum absolute atomic E-state index is 5.95. The van der Waals surface area contributed by atoms with Crippen molar-refractivity contribution in [2.24, 2.45) is 5.92 Å². The van der Waals surface area contributed by atoms with Gasteiger partial charge in [-0.05, 0) is 25.7 Å². The van der Waals surface area contributed by atoms with Crippen molar-refractivity contribution in [2.75, 3.05) is 11.1 Å². The molecular formula is C17H26N4O. The van der Waals surface area contributed by atoms with Crippen molar-refractivity contribution in [3.8, 4) is 0 Å². The fourth-order valence-corrected chi connectivity index (χ4v) is 2.90. The van der Waals surface area contributed by atoms with Gasteiger partial charge in [0.25, 0.3) is 0 Å². The predicted molar refractivity (Wildman–Crippen MR) is 90.4 cm³/mol. The molecule has 0 fully saturated rings. The molecule has 0 aliphatic heterocycles. The summed E-state index contributed by atoms with van der Waals surface area (Å²) in [5, 5.41) is 3.32. The van der Waals surface area contributed by atoms with Gasteiger partial charge >= 0.3 is 0 Å². The predicted octanol–water partition coefficient (Wildman–Crippen LogP) is 4.42. The Bertz CT molecular complexity index is 634. The molecule has 5 heteroatoms. The highest BCUT2D eigenvalue weighted by molar-refractivity contribution is 5.61. The van der Waals surface area contributed by atoms with Gasteiger partial charge in [-0.1, -0.05) is 27.7 Å². The highest BCUT2D eigenvalue weighted by Crippen LogP contribution is 2.33. The van der Waals surface area contributed by atoms with Crippen molar-refractivity contribution in [3.05, 3.63) is 29.3 Å². The molecule has 2 heterocycles. The van der Waals surface area contributed by atoms with Gasteiger partial charge in [-0.15, -0.1) is 0 Å². The van der Waals surface area contributed by atoms with Crippen LogP contribution in [0.2, 0.25) is 0 Å². The summed E-state index contributed by atoms with van der Waals surface area (Å²) in [4.78, 5) is 8.95. The summed E-state index contributed by atoms with van der Waals surface area (Å²) < 4.78 is 5.34. The van der Waals surface area contributed by atoms with Crippen molar-refractivity contribution in [1.82, 2.24) is 9.97 Å². The highest BCUT2D eigenvalue weighted by Gasteiger charge is 2.22. The average molecular weight is 302 g/mol. The van der Waals surface area contributed by atoms with E-state index in [1.807, 2.05) is 13.0 Å². The van der Waals surface area contributed by atoms with Gasteiger partial charge in [0.1, 0.15) is 17.8 Å². The summed E-state index contributed by atoms with van der Waals surface area (Å²) in [6, 6.07) is 1.94. The molecule has 120 valence electrons. The number of rotatable bonds is 6. The minimum atomic E-state index is 0.314. The molecule has 1 unspecified atom stereocenters. The first-order valence-electron chi connectivity index (χ1n) is 7.94. The highest BCUT2D eigenvalue weighted by atomic mass is 16.3. The van der Waals surface area contributed by atoms with Crippen LogP contribution in [-0.2, 0) is 6.42 Å². The third-order valence-electron chi connectivity index (χ3n) is 4.00. The fourth-order valence-electron chi connectivity index (χ4n) is 2.90. The summed E-state index contributed by atoms with van der Waals surface area (Å²) in [5.41, 5.74) is 9.03. The standard InChI is InChI=1S/C17H26N4O/c1-6-13(10(3)4)15-14(7-2)16(21-17(18)20-15)19-12-8-11(5)22-9-12/h8-10,13H,6-7H2,1-5H3,(H3,18,19,20,21). The molecule has 0 amide bonds. The quantitative estimate of drug-likeness (QED) is 0.826. The molecule has 0 radical (unpaired) electrons. The SMILES string of the molecule is CCc1c(Nc2coc(C)c2)nc(N)nc1C(CC)C(C)C. The topological polar surface area (TPSA) is 77.0 Å². The lowest BCUT2D eigenvalue weighted by molar-refractivity contribution is 0.471. The van der Waals surface area contributed by atoms with Crippen LogP contribution >= 0.6 is 0 Å². The second-order valence-electron chi connectivity index (χ2n) is 5.98. The molecule has 0 saturated heterocycles. The second kappa shape index (κ2) is 6.81. The van der Waals surface area contributed by atoms with E-state index in [4.69, 9.17) is 10.2 Å². The van der Waals surface area contributed by atoms with Gasteiger partial charge in [-0.3, -0.25) is 0 Å². The number of hydrogen-bond acceptors (Lipinski definition) is 5. The minimum Gasteiger partial charge on any atom is -0.467 e. The van der Waals surface area contributed by atoms with Crippen LogP contribution in [0.3, 0.4) is 0 Å². The lowest BCUT2D eigenvalue weighted by Crippen LogP contribution is -2.15.